The third kappa shape index (κ3) is 4.29. The van der Waals surface area contributed by atoms with Crippen LogP contribution < -0.4 is 10.6 Å². The van der Waals surface area contributed by atoms with E-state index >= 15 is 0 Å². The van der Waals surface area contributed by atoms with Gasteiger partial charge in [0.1, 0.15) is 5.52 Å². The monoisotopic (exact) mass is 335 g/mol. The maximum atomic E-state index is 12.0. The Hall–Kier alpha value is -3.02. The van der Waals surface area contributed by atoms with Crippen LogP contribution in [0.5, 0.6) is 0 Å². The van der Waals surface area contributed by atoms with Crippen LogP contribution >= 0.6 is 0 Å². The van der Waals surface area contributed by atoms with Gasteiger partial charge < -0.3 is 10.6 Å². The molecule has 0 aliphatic heterocycles. The predicted molar refractivity (Wildman–Crippen MR) is 98.3 cm³/mol. The molecule has 0 spiro atoms. The van der Waals surface area contributed by atoms with Gasteiger partial charge in [-0.2, -0.15) is 0 Å². The smallest absolute Gasteiger partial charge is 0.251 e. The number of benzene rings is 1. The fourth-order valence-corrected chi connectivity index (χ4v) is 2.47. The van der Waals surface area contributed by atoms with E-state index in [9.17, 15) is 4.79 Å². The third-order valence-corrected chi connectivity index (χ3v) is 3.88. The van der Waals surface area contributed by atoms with E-state index in [2.05, 4.69) is 32.5 Å². The largest absolute Gasteiger partial charge is 0.364 e. The molecule has 3 aromatic rings. The molecule has 0 saturated carbocycles. The number of amides is 1. The van der Waals surface area contributed by atoms with Gasteiger partial charge in [0.15, 0.2) is 5.82 Å². The molecule has 1 aromatic carbocycles. The van der Waals surface area contributed by atoms with E-state index in [-0.39, 0.29) is 5.91 Å². The fraction of sp³-hybridized carbons (Fsp3) is 0.263. The van der Waals surface area contributed by atoms with E-state index in [0.29, 0.717) is 24.5 Å². The van der Waals surface area contributed by atoms with Gasteiger partial charge >= 0.3 is 0 Å². The van der Waals surface area contributed by atoms with Crippen LogP contribution in [-0.2, 0) is 6.54 Å². The van der Waals surface area contributed by atoms with Crippen molar-refractivity contribution in [2.75, 3.05) is 11.9 Å². The number of fused-ring (bicyclic) bond motifs is 1. The lowest BCUT2D eigenvalue weighted by Crippen LogP contribution is -2.24. The van der Waals surface area contributed by atoms with Crippen molar-refractivity contribution < 1.29 is 4.79 Å². The molecule has 2 heterocycles. The van der Waals surface area contributed by atoms with Crippen LogP contribution in [0.25, 0.3) is 11.0 Å². The molecule has 0 aliphatic rings. The lowest BCUT2D eigenvalue weighted by molar-refractivity contribution is 0.0953. The Morgan fingerprint density at radius 1 is 1.00 bits per heavy atom. The normalized spacial score (nSPS) is 10.6. The maximum absolute atomic E-state index is 12.0. The maximum Gasteiger partial charge on any atom is 0.251 e. The molecule has 0 fully saturated rings. The topological polar surface area (TPSA) is 79.8 Å². The lowest BCUT2D eigenvalue weighted by Gasteiger charge is -2.09. The first-order chi connectivity index (χ1) is 12.3. The number of unbranched alkanes of at least 4 members (excludes halogenated alkanes) is 1. The van der Waals surface area contributed by atoms with Crippen LogP contribution in [-0.4, -0.2) is 27.4 Å². The summed E-state index contributed by atoms with van der Waals surface area (Å²) in [5, 5.41) is 6.20. The molecular weight excluding hydrogens is 314 g/mol. The second kappa shape index (κ2) is 8.19. The lowest BCUT2D eigenvalue weighted by atomic mass is 10.1. The Bertz CT molecular complexity index is 843. The van der Waals surface area contributed by atoms with Crippen molar-refractivity contribution in [3.05, 3.63) is 60.0 Å². The molecule has 6 nitrogen and oxygen atoms in total. The average Bonchev–Trinajstić information content (AvgIpc) is 2.67. The molecule has 3 rings (SSSR count). The van der Waals surface area contributed by atoms with Crippen molar-refractivity contribution in [2.24, 2.45) is 0 Å². The van der Waals surface area contributed by atoms with Crippen molar-refractivity contribution in [1.29, 1.82) is 0 Å². The zero-order valence-corrected chi connectivity index (χ0v) is 14.2. The molecule has 0 saturated heterocycles. The number of carbonyl (C=O) groups excluding carboxylic acids is 1. The van der Waals surface area contributed by atoms with E-state index in [1.807, 2.05) is 30.3 Å². The Morgan fingerprint density at radius 3 is 2.60 bits per heavy atom. The molecule has 0 aliphatic carbocycles. The number of anilines is 1. The first-order valence-electron chi connectivity index (χ1n) is 8.44. The summed E-state index contributed by atoms with van der Waals surface area (Å²) in [6.45, 7) is 3.41. The molecule has 0 radical (unpaired) electrons. The van der Waals surface area contributed by atoms with Gasteiger partial charge in [0.25, 0.3) is 5.91 Å². The van der Waals surface area contributed by atoms with Crippen molar-refractivity contribution >= 4 is 22.8 Å². The summed E-state index contributed by atoms with van der Waals surface area (Å²) in [6, 6.07) is 9.40. The van der Waals surface area contributed by atoms with Crippen molar-refractivity contribution in [3.8, 4) is 0 Å². The van der Waals surface area contributed by atoms with Crippen LogP contribution in [0.3, 0.4) is 0 Å². The van der Waals surface area contributed by atoms with Gasteiger partial charge in [0.2, 0.25) is 0 Å². The Morgan fingerprint density at radius 2 is 1.80 bits per heavy atom. The van der Waals surface area contributed by atoms with E-state index in [4.69, 9.17) is 0 Å². The van der Waals surface area contributed by atoms with Crippen LogP contribution in [0.1, 0.15) is 35.7 Å². The van der Waals surface area contributed by atoms with Crippen LogP contribution in [0.15, 0.2) is 48.9 Å². The van der Waals surface area contributed by atoms with Gasteiger partial charge in [-0.05, 0) is 30.2 Å². The Balaban J connectivity index is 1.63. The van der Waals surface area contributed by atoms with Crippen LogP contribution in [0.4, 0.5) is 5.82 Å². The highest BCUT2D eigenvalue weighted by Crippen LogP contribution is 2.16. The summed E-state index contributed by atoms with van der Waals surface area (Å²) in [6.07, 6.45) is 7.09. The molecular formula is C19H21N5O. The molecule has 1 amide bonds. The summed E-state index contributed by atoms with van der Waals surface area (Å²) in [7, 11) is 0. The highest BCUT2D eigenvalue weighted by molar-refractivity contribution is 5.94. The van der Waals surface area contributed by atoms with E-state index in [0.717, 1.165) is 29.4 Å². The van der Waals surface area contributed by atoms with Gasteiger partial charge in [0.05, 0.1) is 5.52 Å². The summed E-state index contributed by atoms with van der Waals surface area (Å²) in [4.78, 5) is 24.9. The molecule has 0 atom stereocenters. The average molecular weight is 335 g/mol. The van der Waals surface area contributed by atoms with Crippen molar-refractivity contribution in [3.63, 3.8) is 0 Å². The van der Waals surface area contributed by atoms with Gasteiger partial charge in [-0.3, -0.25) is 9.78 Å². The molecule has 128 valence electrons. The van der Waals surface area contributed by atoms with E-state index < -0.39 is 0 Å². The minimum absolute atomic E-state index is 0.0287. The standard InChI is InChI=1S/C19H21N5O/c1-2-3-9-23-19(25)15-6-4-14(5-7-15)13-24-18-17-16(8-10-22-18)20-11-12-21-17/h4-8,10-12H,2-3,9,13H2,1H3,(H,22,24)(H,23,25). The minimum atomic E-state index is -0.0287. The van der Waals surface area contributed by atoms with Crippen LogP contribution in [0.2, 0.25) is 0 Å². The fourth-order valence-electron chi connectivity index (χ4n) is 2.47. The number of nitrogens with zero attached hydrogens (tertiary/aromatic N) is 3. The van der Waals surface area contributed by atoms with Gasteiger partial charge in [-0.15, -0.1) is 0 Å². The highest BCUT2D eigenvalue weighted by Gasteiger charge is 2.06. The molecule has 2 aromatic heterocycles. The molecule has 25 heavy (non-hydrogen) atoms. The number of carbonyl (C=O) groups is 1. The third-order valence-electron chi connectivity index (χ3n) is 3.88. The summed E-state index contributed by atoms with van der Waals surface area (Å²) >= 11 is 0. The van der Waals surface area contributed by atoms with Gasteiger partial charge in [-0.25, -0.2) is 9.97 Å². The number of nitrogens with one attached hydrogen (secondary N) is 2. The molecule has 6 heteroatoms. The molecule has 0 bridgehead atoms. The number of hydrogen-bond acceptors (Lipinski definition) is 5. The molecule has 2 N–H and O–H groups in total. The summed E-state index contributed by atoms with van der Waals surface area (Å²) < 4.78 is 0. The highest BCUT2D eigenvalue weighted by atomic mass is 16.1. The van der Waals surface area contributed by atoms with Crippen molar-refractivity contribution in [1.82, 2.24) is 20.3 Å². The van der Waals surface area contributed by atoms with Gasteiger partial charge in [0, 0.05) is 37.2 Å². The Labute approximate surface area is 146 Å². The SMILES string of the molecule is CCCCNC(=O)c1ccc(CNc2nccc3nccnc23)cc1. The number of pyridine rings is 1. The summed E-state index contributed by atoms with van der Waals surface area (Å²) in [5.74, 6) is 0.672. The predicted octanol–water partition coefficient (Wildman–Crippen LogP) is 3.17. The minimum Gasteiger partial charge on any atom is -0.364 e. The zero-order chi connectivity index (χ0) is 17.5. The first kappa shape index (κ1) is 16.8. The Kier molecular flexibility index (Phi) is 5.51. The number of rotatable bonds is 7. The zero-order valence-electron chi connectivity index (χ0n) is 14.2. The van der Waals surface area contributed by atoms with Crippen LogP contribution in [0, 0.1) is 0 Å². The summed E-state index contributed by atoms with van der Waals surface area (Å²) in [5.41, 5.74) is 3.29. The van der Waals surface area contributed by atoms with E-state index in [1.165, 1.54) is 0 Å². The first-order valence-corrected chi connectivity index (χ1v) is 8.44. The molecule has 0 unspecified atom stereocenters. The van der Waals surface area contributed by atoms with E-state index in [1.54, 1.807) is 18.6 Å². The van der Waals surface area contributed by atoms with Crippen molar-refractivity contribution in [2.45, 2.75) is 26.3 Å². The number of aromatic nitrogens is 3. The quantitative estimate of drug-likeness (QED) is 0.648. The second-order valence-corrected chi connectivity index (χ2v) is 5.74. The second-order valence-electron chi connectivity index (χ2n) is 5.74. The number of hydrogen-bond donors (Lipinski definition) is 2. The van der Waals surface area contributed by atoms with Gasteiger partial charge in [-0.1, -0.05) is 25.5 Å².